The van der Waals surface area contributed by atoms with Gasteiger partial charge in [0.2, 0.25) is 5.91 Å². The van der Waals surface area contributed by atoms with Gasteiger partial charge in [-0.05, 0) is 25.7 Å². The van der Waals surface area contributed by atoms with Crippen molar-refractivity contribution in [3.63, 3.8) is 0 Å². The van der Waals surface area contributed by atoms with Crippen molar-refractivity contribution in [2.75, 3.05) is 32.8 Å². The maximum absolute atomic E-state index is 12.8. The van der Waals surface area contributed by atoms with Crippen LogP contribution in [0.2, 0.25) is 0 Å². The van der Waals surface area contributed by atoms with Gasteiger partial charge in [0.25, 0.3) is 0 Å². The summed E-state index contributed by atoms with van der Waals surface area (Å²) >= 11 is 0. The van der Waals surface area contributed by atoms with E-state index < -0.39 is 0 Å². The predicted octanol–water partition coefficient (Wildman–Crippen LogP) is 2.45. The Balaban J connectivity index is 0.00000361. The minimum atomic E-state index is -0.375. The highest BCUT2D eigenvalue weighted by Gasteiger charge is 2.41. The third-order valence-electron chi connectivity index (χ3n) is 4.60. The largest absolute Gasteiger partial charge is 0.381 e. The number of ether oxygens (including phenoxy) is 1. The zero-order valence-corrected chi connectivity index (χ0v) is 14.0. The number of hydrogen-bond acceptors (Lipinski definition) is 3. The molecule has 1 amide bonds. The summed E-state index contributed by atoms with van der Waals surface area (Å²) in [4.78, 5) is 14.8. The summed E-state index contributed by atoms with van der Waals surface area (Å²) < 4.78 is 5.39. The molecule has 0 aromatic carbocycles. The summed E-state index contributed by atoms with van der Waals surface area (Å²) in [5.41, 5.74) is 5.55. The Morgan fingerprint density at radius 1 is 1.25 bits per heavy atom. The van der Waals surface area contributed by atoms with E-state index in [0.29, 0.717) is 25.7 Å². The Bertz CT molecular complexity index is 277. The molecule has 1 heterocycles. The molecule has 0 aliphatic carbocycles. The van der Waals surface area contributed by atoms with Crippen LogP contribution in [0.3, 0.4) is 0 Å². The van der Waals surface area contributed by atoms with Gasteiger partial charge in [0.1, 0.15) is 0 Å². The van der Waals surface area contributed by atoms with E-state index in [4.69, 9.17) is 10.5 Å². The molecule has 0 aromatic heterocycles. The highest BCUT2D eigenvalue weighted by Crippen LogP contribution is 2.32. The van der Waals surface area contributed by atoms with Crippen LogP contribution in [0.4, 0.5) is 0 Å². The first-order valence-corrected chi connectivity index (χ1v) is 7.70. The molecule has 1 rings (SSSR count). The van der Waals surface area contributed by atoms with Crippen molar-refractivity contribution in [3.8, 4) is 0 Å². The van der Waals surface area contributed by atoms with Gasteiger partial charge in [-0.1, -0.05) is 26.7 Å². The summed E-state index contributed by atoms with van der Waals surface area (Å²) in [6, 6.07) is 0. The van der Waals surface area contributed by atoms with Gasteiger partial charge < -0.3 is 15.4 Å². The molecule has 1 fully saturated rings. The molecule has 1 aliphatic heterocycles. The molecule has 20 heavy (non-hydrogen) atoms. The second kappa shape index (κ2) is 9.59. The summed E-state index contributed by atoms with van der Waals surface area (Å²) in [6.45, 7) is 9.84. The van der Waals surface area contributed by atoms with E-state index in [1.165, 1.54) is 0 Å². The highest BCUT2D eigenvalue weighted by molar-refractivity contribution is 5.85. The molecule has 2 N–H and O–H groups in total. The summed E-state index contributed by atoms with van der Waals surface area (Å²) in [7, 11) is 0. The maximum atomic E-state index is 12.8. The fourth-order valence-electron chi connectivity index (χ4n) is 2.82. The van der Waals surface area contributed by atoms with Crippen LogP contribution in [-0.2, 0) is 9.53 Å². The Morgan fingerprint density at radius 3 is 2.20 bits per heavy atom. The minimum Gasteiger partial charge on any atom is -0.381 e. The average molecular weight is 307 g/mol. The summed E-state index contributed by atoms with van der Waals surface area (Å²) in [6.07, 6.45) is 3.78. The van der Waals surface area contributed by atoms with Crippen molar-refractivity contribution in [1.29, 1.82) is 0 Å². The van der Waals surface area contributed by atoms with Crippen LogP contribution in [-0.4, -0.2) is 43.7 Å². The van der Waals surface area contributed by atoms with E-state index in [-0.39, 0.29) is 23.7 Å². The van der Waals surface area contributed by atoms with E-state index in [1.54, 1.807) is 0 Å². The molecule has 0 atom stereocenters. The molecule has 0 radical (unpaired) electrons. The molecule has 4 nitrogen and oxygen atoms in total. The van der Waals surface area contributed by atoms with Crippen LogP contribution in [0.15, 0.2) is 0 Å². The van der Waals surface area contributed by atoms with E-state index in [2.05, 4.69) is 20.8 Å². The molecule has 5 heteroatoms. The van der Waals surface area contributed by atoms with E-state index >= 15 is 0 Å². The normalized spacial score (nSPS) is 17.6. The van der Waals surface area contributed by atoms with Crippen molar-refractivity contribution in [1.82, 2.24) is 4.90 Å². The van der Waals surface area contributed by atoms with Crippen LogP contribution in [0.1, 0.15) is 46.5 Å². The third-order valence-corrected chi connectivity index (χ3v) is 4.60. The topological polar surface area (TPSA) is 55.6 Å². The average Bonchev–Trinajstić information content (AvgIpc) is 2.48. The Morgan fingerprint density at radius 2 is 1.80 bits per heavy atom. The van der Waals surface area contributed by atoms with Crippen molar-refractivity contribution in [3.05, 3.63) is 0 Å². The molecular weight excluding hydrogens is 276 g/mol. The SMILES string of the molecule is CCC(CC)CN(CC)C(=O)C1(CN)CCOCC1.Cl. The molecule has 1 aliphatic rings. The summed E-state index contributed by atoms with van der Waals surface area (Å²) in [5, 5.41) is 0. The molecule has 0 unspecified atom stereocenters. The second-order valence-electron chi connectivity index (χ2n) is 5.62. The lowest BCUT2D eigenvalue weighted by Crippen LogP contribution is -2.51. The first kappa shape index (κ1) is 19.7. The molecule has 0 spiro atoms. The molecule has 120 valence electrons. The maximum Gasteiger partial charge on any atom is 0.230 e. The van der Waals surface area contributed by atoms with Gasteiger partial charge in [0.15, 0.2) is 0 Å². The number of carbonyl (C=O) groups excluding carboxylic acids is 1. The fraction of sp³-hybridized carbons (Fsp3) is 0.933. The third kappa shape index (κ3) is 4.61. The van der Waals surface area contributed by atoms with Crippen LogP contribution in [0, 0.1) is 11.3 Å². The first-order chi connectivity index (χ1) is 9.13. The van der Waals surface area contributed by atoms with Gasteiger partial charge >= 0.3 is 0 Å². The Kier molecular flexibility index (Phi) is 9.43. The van der Waals surface area contributed by atoms with Crippen molar-refractivity contribution in [2.24, 2.45) is 17.1 Å². The summed E-state index contributed by atoms with van der Waals surface area (Å²) in [5.74, 6) is 0.839. The monoisotopic (exact) mass is 306 g/mol. The smallest absolute Gasteiger partial charge is 0.230 e. The number of nitrogens with two attached hydrogens (primary N) is 1. The van der Waals surface area contributed by atoms with Gasteiger partial charge in [-0.2, -0.15) is 0 Å². The highest BCUT2D eigenvalue weighted by atomic mass is 35.5. The van der Waals surface area contributed by atoms with Gasteiger partial charge in [-0.3, -0.25) is 4.79 Å². The van der Waals surface area contributed by atoms with Gasteiger partial charge in [0.05, 0.1) is 5.41 Å². The van der Waals surface area contributed by atoms with E-state index in [9.17, 15) is 4.79 Å². The van der Waals surface area contributed by atoms with Crippen molar-refractivity contribution in [2.45, 2.75) is 46.5 Å². The quantitative estimate of drug-likeness (QED) is 0.786. The van der Waals surface area contributed by atoms with Crippen LogP contribution in [0.5, 0.6) is 0 Å². The number of amides is 1. The van der Waals surface area contributed by atoms with Crippen molar-refractivity contribution >= 4 is 18.3 Å². The fourth-order valence-corrected chi connectivity index (χ4v) is 2.82. The number of nitrogens with zero attached hydrogens (tertiary/aromatic N) is 1. The lowest BCUT2D eigenvalue weighted by molar-refractivity contribution is -0.147. The number of halogens is 1. The van der Waals surface area contributed by atoms with Gasteiger partial charge in [-0.15, -0.1) is 12.4 Å². The minimum absolute atomic E-state index is 0. The first-order valence-electron chi connectivity index (χ1n) is 7.70. The predicted molar refractivity (Wildman–Crippen MR) is 85.1 cm³/mol. The lowest BCUT2D eigenvalue weighted by atomic mass is 9.78. The number of rotatable bonds is 7. The van der Waals surface area contributed by atoms with Gasteiger partial charge in [0, 0.05) is 32.8 Å². The molecule has 0 bridgehead atoms. The lowest BCUT2D eigenvalue weighted by Gasteiger charge is -2.39. The second-order valence-corrected chi connectivity index (χ2v) is 5.62. The standard InChI is InChI=1S/C15H30N2O2.ClH/c1-4-13(5-2)11-17(6-3)14(18)15(12-16)7-9-19-10-8-15;/h13H,4-12,16H2,1-3H3;1H. The number of carbonyl (C=O) groups is 1. The zero-order valence-electron chi connectivity index (χ0n) is 13.2. The number of hydrogen-bond donors (Lipinski definition) is 1. The van der Waals surface area contributed by atoms with Crippen molar-refractivity contribution < 1.29 is 9.53 Å². The van der Waals surface area contributed by atoms with Crippen LogP contribution < -0.4 is 5.73 Å². The Hall–Kier alpha value is -0.320. The zero-order chi connectivity index (χ0) is 14.3. The molecular formula is C15H31ClN2O2. The van der Waals surface area contributed by atoms with Crippen LogP contribution >= 0.6 is 12.4 Å². The van der Waals surface area contributed by atoms with E-state index in [0.717, 1.165) is 38.8 Å². The molecule has 0 saturated carbocycles. The molecule has 1 saturated heterocycles. The van der Waals surface area contributed by atoms with Gasteiger partial charge in [-0.25, -0.2) is 0 Å². The molecule has 0 aromatic rings. The Labute approximate surface area is 129 Å². The van der Waals surface area contributed by atoms with Crippen LogP contribution in [0.25, 0.3) is 0 Å². The van der Waals surface area contributed by atoms with E-state index in [1.807, 2.05) is 4.90 Å².